The van der Waals surface area contributed by atoms with Gasteiger partial charge in [-0.3, -0.25) is 4.72 Å². The number of anilines is 2. The molecule has 0 aliphatic heterocycles. The van der Waals surface area contributed by atoms with E-state index in [0.29, 0.717) is 23.0 Å². The van der Waals surface area contributed by atoms with E-state index in [2.05, 4.69) is 20.0 Å². The van der Waals surface area contributed by atoms with Crippen molar-refractivity contribution in [2.24, 2.45) is 0 Å². The Morgan fingerprint density at radius 2 is 1.74 bits per heavy atom. The van der Waals surface area contributed by atoms with Crippen molar-refractivity contribution in [1.82, 2.24) is 10.2 Å². The van der Waals surface area contributed by atoms with Gasteiger partial charge in [-0.15, -0.1) is 10.2 Å². The molecule has 0 spiro atoms. The monoisotopic (exact) mass is 374 g/mol. The van der Waals surface area contributed by atoms with Crippen LogP contribution < -0.4 is 9.81 Å². The van der Waals surface area contributed by atoms with Gasteiger partial charge in [-0.05, 0) is 31.2 Å². The maximum atomic E-state index is 12.4. The number of aromatic nitrogens is 2. The van der Waals surface area contributed by atoms with E-state index in [4.69, 9.17) is 0 Å². The number of nitrogens with zero attached hydrogens (tertiary/aromatic N) is 2. The summed E-state index contributed by atoms with van der Waals surface area (Å²) in [5.74, 6) is 0. The number of hydrogen-bond acceptors (Lipinski definition) is 6. The van der Waals surface area contributed by atoms with Gasteiger partial charge >= 0.3 is 0 Å². The predicted molar refractivity (Wildman–Crippen MR) is 94.2 cm³/mol. The van der Waals surface area contributed by atoms with E-state index in [1.165, 1.54) is 12.1 Å². The fraction of sp³-hybridized carbons (Fsp3) is 0.385. The molecular weight excluding hydrogens is 355 g/mol. The van der Waals surface area contributed by atoms with E-state index in [1.54, 1.807) is 19.1 Å². The van der Waals surface area contributed by atoms with Gasteiger partial charge in [0.1, 0.15) is 5.01 Å². The standard InChI is InChI=1S/C13H19N4O3PS2/c1-4-21(18,5-2)16-11-6-8-12(9-7-11)23(19,20)17-13-15-14-10(3)22-13/h6-9H,4-5H2,1-3H3,(H,15,17)(H,16,18). The molecule has 0 atom stereocenters. The fourth-order valence-electron chi connectivity index (χ4n) is 1.84. The van der Waals surface area contributed by atoms with Crippen molar-refractivity contribution >= 4 is 39.5 Å². The first kappa shape index (κ1) is 17.9. The minimum Gasteiger partial charge on any atom is -0.336 e. The van der Waals surface area contributed by atoms with E-state index >= 15 is 0 Å². The molecule has 2 N–H and O–H groups in total. The number of hydrogen-bond donors (Lipinski definition) is 2. The van der Waals surface area contributed by atoms with Crippen molar-refractivity contribution in [3.05, 3.63) is 29.3 Å². The Morgan fingerprint density at radius 3 is 2.22 bits per heavy atom. The summed E-state index contributed by atoms with van der Waals surface area (Å²) >= 11 is 1.16. The smallest absolute Gasteiger partial charge is 0.263 e. The van der Waals surface area contributed by atoms with Gasteiger partial charge in [0, 0.05) is 18.0 Å². The molecule has 0 aliphatic carbocycles. The minimum absolute atomic E-state index is 0.110. The third-order valence-corrected chi connectivity index (χ3v) is 8.21. The molecule has 0 bridgehead atoms. The number of aryl methyl sites for hydroxylation is 1. The molecule has 0 amide bonds. The molecule has 0 saturated carbocycles. The average Bonchev–Trinajstić information content (AvgIpc) is 2.92. The summed E-state index contributed by atoms with van der Waals surface area (Å²) in [5.41, 5.74) is 0.641. The zero-order valence-corrected chi connectivity index (χ0v) is 15.6. The highest BCUT2D eigenvalue weighted by Gasteiger charge is 2.19. The molecule has 10 heteroatoms. The summed E-state index contributed by atoms with van der Waals surface area (Å²) in [6.07, 6.45) is 1.09. The van der Waals surface area contributed by atoms with Gasteiger partial charge in [-0.25, -0.2) is 8.42 Å². The molecule has 1 aromatic heterocycles. The lowest BCUT2D eigenvalue weighted by atomic mass is 10.3. The van der Waals surface area contributed by atoms with Gasteiger partial charge < -0.3 is 9.65 Å². The molecule has 1 aromatic carbocycles. The third kappa shape index (κ3) is 4.53. The zero-order valence-electron chi connectivity index (χ0n) is 13.1. The van der Waals surface area contributed by atoms with Crippen LogP contribution in [0, 0.1) is 6.92 Å². The van der Waals surface area contributed by atoms with Crippen LogP contribution in [-0.4, -0.2) is 30.9 Å². The van der Waals surface area contributed by atoms with Crippen molar-refractivity contribution in [2.45, 2.75) is 25.7 Å². The van der Waals surface area contributed by atoms with Crippen LogP contribution in [-0.2, 0) is 14.6 Å². The van der Waals surface area contributed by atoms with Crippen LogP contribution in [0.25, 0.3) is 0 Å². The first-order valence-corrected chi connectivity index (χ1v) is 11.4. The highest BCUT2D eigenvalue weighted by Crippen LogP contribution is 2.44. The molecule has 2 aromatic rings. The molecule has 0 unspecified atom stereocenters. The van der Waals surface area contributed by atoms with Gasteiger partial charge in [-0.1, -0.05) is 25.2 Å². The third-order valence-electron chi connectivity index (χ3n) is 3.27. The number of benzene rings is 1. The second-order valence-corrected chi connectivity index (χ2v) is 11.0. The van der Waals surface area contributed by atoms with Crippen molar-refractivity contribution in [3.8, 4) is 0 Å². The summed E-state index contributed by atoms with van der Waals surface area (Å²) in [7, 11) is -6.15. The lowest BCUT2D eigenvalue weighted by molar-refractivity contribution is 0.579. The quantitative estimate of drug-likeness (QED) is 0.721. The molecule has 0 aliphatic rings. The van der Waals surface area contributed by atoms with Gasteiger partial charge in [0.25, 0.3) is 10.0 Å². The summed E-state index contributed by atoms with van der Waals surface area (Å²) in [6.45, 7) is 5.48. The van der Waals surface area contributed by atoms with Crippen molar-refractivity contribution in [3.63, 3.8) is 0 Å². The summed E-state index contributed by atoms with van der Waals surface area (Å²) in [4.78, 5) is 0.110. The molecular formula is C13H19N4O3PS2. The molecule has 0 saturated heterocycles. The highest BCUT2D eigenvalue weighted by molar-refractivity contribution is 7.93. The van der Waals surface area contributed by atoms with Crippen LogP contribution in [0.15, 0.2) is 29.2 Å². The Morgan fingerprint density at radius 1 is 1.13 bits per heavy atom. The van der Waals surface area contributed by atoms with Gasteiger partial charge in [0.15, 0.2) is 7.29 Å². The van der Waals surface area contributed by atoms with E-state index in [0.717, 1.165) is 11.3 Å². The molecule has 7 nitrogen and oxygen atoms in total. The second kappa shape index (κ2) is 6.98. The van der Waals surface area contributed by atoms with Crippen LogP contribution in [0.5, 0.6) is 0 Å². The number of rotatable bonds is 7. The summed E-state index contributed by atoms with van der Waals surface area (Å²) in [6, 6.07) is 6.15. The molecule has 1 heterocycles. The molecule has 0 radical (unpaired) electrons. The van der Waals surface area contributed by atoms with Crippen LogP contribution in [0.3, 0.4) is 0 Å². The first-order valence-electron chi connectivity index (χ1n) is 7.07. The molecule has 0 fully saturated rings. The first-order chi connectivity index (χ1) is 10.8. The number of sulfonamides is 1. The largest absolute Gasteiger partial charge is 0.336 e. The lowest BCUT2D eigenvalue weighted by Gasteiger charge is -2.17. The zero-order chi connectivity index (χ0) is 17.1. The normalized spacial score (nSPS) is 12.1. The van der Waals surface area contributed by atoms with Crippen LogP contribution >= 0.6 is 18.6 Å². The topological polar surface area (TPSA) is 101 Å². The molecule has 2 rings (SSSR count). The summed E-state index contributed by atoms with van der Waals surface area (Å²) < 4.78 is 39.3. The van der Waals surface area contributed by atoms with E-state index in [9.17, 15) is 13.0 Å². The molecule has 23 heavy (non-hydrogen) atoms. The maximum absolute atomic E-state index is 12.4. The molecule has 126 valence electrons. The van der Waals surface area contributed by atoms with Crippen molar-refractivity contribution in [1.29, 1.82) is 0 Å². The minimum atomic E-state index is -3.71. The van der Waals surface area contributed by atoms with Crippen LogP contribution in [0.2, 0.25) is 0 Å². The maximum Gasteiger partial charge on any atom is 0.263 e. The van der Waals surface area contributed by atoms with Gasteiger partial charge in [0.2, 0.25) is 5.13 Å². The Hall–Kier alpha value is -1.44. The SMILES string of the molecule is CCP(=O)(CC)Nc1ccc(S(=O)(=O)Nc2nnc(C)s2)cc1. The Kier molecular flexibility index (Phi) is 5.44. The lowest BCUT2D eigenvalue weighted by Crippen LogP contribution is -2.12. The van der Waals surface area contributed by atoms with Crippen molar-refractivity contribution < 1.29 is 13.0 Å². The summed E-state index contributed by atoms with van der Waals surface area (Å²) in [5, 5.41) is 11.4. The fourth-order valence-corrected chi connectivity index (χ4v) is 5.04. The van der Waals surface area contributed by atoms with E-state index < -0.39 is 17.3 Å². The van der Waals surface area contributed by atoms with E-state index in [1.807, 2.05) is 13.8 Å². The Balaban J connectivity index is 2.16. The van der Waals surface area contributed by atoms with Gasteiger partial charge in [-0.2, -0.15) is 0 Å². The Labute approximate surface area is 140 Å². The Bertz CT molecular complexity index is 810. The van der Waals surface area contributed by atoms with Crippen LogP contribution in [0.4, 0.5) is 10.8 Å². The van der Waals surface area contributed by atoms with Crippen molar-refractivity contribution in [2.75, 3.05) is 22.1 Å². The average molecular weight is 374 g/mol. The number of nitrogens with one attached hydrogen (secondary N) is 2. The van der Waals surface area contributed by atoms with E-state index in [-0.39, 0.29) is 10.0 Å². The highest BCUT2D eigenvalue weighted by atomic mass is 32.2. The second-order valence-electron chi connectivity index (χ2n) is 4.89. The van der Waals surface area contributed by atoms with Gasteiger partial charge in [0.05, 0.1) is 4.90 Å². The van der Waals surface area contributed by atoms with Crippen LogP contribution in [0.1, 0.15) is 18.9 Å². The predicted octanol–water partition coefficient (Wildman–Crippen LogP) is 3.38.